The van der Waals surface area contributed by atoms with Crippen molar-refractivity contribution >= 4 is 23.3 Å². The average molecular weight is 371 g/mol. The average Bonchev–Trinajstić information content (AvgIpc) is 2.55. The fraction of sp³-hybridized carbons (Fsp3) is 0.235. The molecule has 0 aromatic heterocycles. The molecule has 1 aliphatic rings. The van der Waals surface area contributed by atoms with Gasteiger partial charge in [0.25, 0.3) is 5.72 Å². The maximum Gasteiger partial charge on any atom is 0.441 e. The molecule has 0 unspecified atom stereocenters. The monoisotopic (exact) mass is 370 g/mol. The molecule has 25 heavy (non-hydrogen) atoms. The summed E-state index contributed by atoms with van der Waals surface area (Å²) in [6.45, 7) is 1.42. The van der Waals surface area contributed by atoms with E-state index in [0.29, 0.717) is 10.5 Å². The van der Waals surface area contributed by atoms with Crippen LogP contribution in [0.5, 0.6) is 0 Å². The van der Waals surface area contributed by atoms with Gasteiger partial charge in [-0.3, -0.25) is 4.90 Å². The van der Waals surface area contributed by atoms with Crippen molar-refractivity contribution in [3.05, 3.63) is 64.7 Å². The second-order valence-corrected chi connectivity index (χ2v) is 6.18. The Labute approximate surface area is 146 Å². The molecule has 2 N–H and O–H groups in total. The second kappa shape index (κ2) is 5.93. The van der Waals surface area contributed by atoms with Crippen molar-refractivity contribution in [2.75, 3.05) is 5.32 Å². The Kier molecular flexibility index (Phi) is 4.17. The highest BCUT2D eigenvalue weighted by atomic mass is 35.5. The van der Waals surface area contributed by atoms with E-state index in [1.54, 1.807) is 30.3 Å². The van der Waals surface area contributed by atoms with Crippen molar-refractivity contribution in [3.8, 4) is 0 Å². The summed E-state index contributed by atoms with van der Waals surface area (Å²) in [5.41, 5.74) is -3.71. The summed E-state index contributed by atoms with van der Waals surface area (Å²) in [4.78, 5) is 12.8. The number of amides is 2. The minimum atomic E-state index is -5.13. The lowest BCUT2D eigenvalue weighted by molar-refractivity contribution is -0.319. The number of nitrogens with zero attached hydrogens (tertiary/aromatic N) is 1. The molecule has 1 aliphatic heterocycles. The lowest BCUT2D eigenvalue weighted by Gasteiger charge is -2.47. The number of rotatable bonds is 2. The molecule has 3 rings (SSSR count). The van der Waals surface area contributed by atoms with Gasteiger partial charge in [0.15, 0.2) is 0 Å². The van der Waals surface area contributed by atoms with E-state index >= 15 is 0 Å². The fourth-order valence-electron chi connectivity index (χ4n) is 2.99. The van der Waals surface area contributed by atoms with Crippen LogP contribution in [0, 0.1) is 0 Å². The molecule has 2 atom stereocenters. The van der Waals surface area contributed by atoms with Crippen LogP contribution in [0.4, 0.5) is 23.7 Å². The Balaban J connectivity index is 2.22. The van der Waals surface area contributed by atoms with Crippen LogP contribution in [0.1, 0.15) is 24.1 Å². The molecule has 0 spiro atoms. The number of carbonyl (C=O) groups excluding carboxylic acids is 1. The van der Waals surface area contributed by atoms with Crippen molar-refractivity contribution in [2.45, 2.75) is 24.9 Å². The van der Waals surface area contributed by atoms with Crippen LogP contribution < -0.4 is 5.32 Å². The number of carbonyl (C=O) groups is 1. The van der Waals surface area contributed by atoms with E-state index < -0.39 is 29.5 Å². The van der Waals surface area contributed by atoms with E-state index in [9.17, 15) is 23.1 Å². The first-order chi connectivity index (χ1) is 11.7. The molecule has 0 saturated heterocycles. The number of hydrogen-bond acceptors (Lipinski definition) is 2. The first-order valence-electron chi connectivity index (χ1n) is 7.40. The lowest BCUT2D eigenvalue weighted by Crippen LogP contribution is -2.62. The topological polar surface area (TPSA) is 52.6 Å². The van der Waals surface area contributed by atoms with E-state index in [2.05, 4.69) is 5.32 Å². The van der Waals surface area contributed by atoms with Crippen LogP contribution in [0.3, 0.4) is 0 Å². The highest BCUT2D eigenvalue weighted by molar-refractivity contribution is 6.30. The van der Waals surface area contributed by atoms with Crippen LogP contribution in [-0.2, 0) is 5.72 Å². The summed E-state index contributed by atoms with van der Waals surface area (Å²) >= 11 is 5.83. The quantitative estimate of drug-likeness (QED) is 0.808. The van der Waals surface area contributed by atoms with E-state index in [1.807, 2.05) is 0 Å². The van der Waals surface area contributed by atoms with Gasteiger partial charge in [0, 0.05) is 10.6 Å². The number of halogens is 4. The molecule has 8 heteroatoms. The van der Waals surface area contributed by atoms with Crippen molar-refractivity contribution < 1.29 is 23.1 Å². The predicted molar refractivity (Wildman–Crippen MR) is 87.1 cm³/mol. The van der Waals surface area contributed by atoms with Crippen LogP contribution in [0.25, 0.3) is 0 Å². The summed E-state index contributed by atoms with van der Waals surface area (Å²) in [7, 11) is 0. The third kappa shape index (κ3) is 2.73. The van der Waals surface area contributed by atoms with E-state index in [4.69, 9.17) is 11.6 Å². The first-order valence-corrected chi connectivity index (χ1v) is 7.78. The largest absolute Gasteiger partial charge is 0.441 e. The van der Waals surface area contributed by atoms with Gasteiger partial charge in [0.2, 0.25) is 0 Å². The fourth-order valence-corrected chi connectivity index (χ4v) is 3.16. The Hall–Kier alpha value is -2.25. The SMILES string of the molecule is C[C@H](c1ccccc1)N1C(=O)Nc2ccc(Cl)cc2[C@]1(O)C(F)(F)F. The van der Waals surface area contributed by atoms with Crippen LogP contribution in [0.15, 0.2) is 48.5 Å². The highest BCUT2D eigenvalue weighted by Crippen LogP contribution is 2.50. The van der Waals surface area contributed by atoms with Crippen molar-refractivity contribution in [1.82, 2.24) is 4.90 Å². The van der Waals surface area contributed by atoms with Gasteiger partial charge < -0.3 is 10.4 Å². The van der Waals surface area contributed by atoms with Crippen LogP contribution in [-0.4, -0.2) is 22.2 Å². The standard InChI is InChI=1S/C17H14ClF3N2O2/c1-10(11-5-3-2-4-6-11)23-15(24)22-14-8-7-12(18)9-13(14)16(23,25)17(19,20)21/h2-10,25H,1H3,(H,22,24)/t10-,16+/m1/s1. The van der Waals surface area contributed by atoms with Gasteiger partial charge in [0.1, 0.15) is 0 Å². The summed E-state index contributed by atoms with van der Waals surface area (Å²) in [6.07, 6.45) is -5.13. The number of nitrogens with one attached hydrogen (secondary N) is 1. The van der Waals surface area contributed by atoms with Gasteiger partial charge in [-0.1, -0.05) is 41.9 Å². The van der Waals surface area contributed by atoms with Gasteiger partial charge in [-0.05, 0) is 30.7 Å². The zero-order chi connectivity index (χ0) is 18.4. The Bertz CT molecular complexity index is 813. The lowest BCUT2D eigenvalue weighted by atomic mass is 9.93. The summed E-state index contributed by atoms with van der Waals surface area (Å²) < 4.78 is 41.8. The molecular formula is C17H14ClF3N2O2. The van der Waals surface area contributed by atoms with Crippen molar-refractivity contribution in [2.24, 2.45) is 0 Å². The first kappa shape index (κ1) is 17.6. The van der Waals surface area contributed by atoms with E-state index in [-0.39, 0.29) is 10.7 Å². The number of alkyl halides is 3. The van der Waals surface area contributed by atoms with Gasteiger partial charge >= 0.3 is 12.2 Å². The van der Waals surface area contributed by atoms with E-state index in [0.717, 1.165) is 6.07 Å². The second-order valence-electron chi connectivity index (χ2n) is 5.75. The van der Waals surface area contributed by atoms with Crippen molar-refractivity contribution in [3.63, 3.8) is 0 Å². The molecule has 2 amide bonds. The molecule has 4 nitrogen and oxygen atoms in total. The third-order valence-corrected chi connectivity index (χ3v) is 4.47. The van der Waals surface area contributed by atoms with Gasteiger partial charge in [0.05, 0.1) is 11.7 Å². The molecule has 0 fully saturated rings. The Morgan fingerprint density at radius 1 is 1.20 bits per heavy atom. The maximum atomic E-state index is 13.9. The summed E-state index contributed by atoms with van der Waals surface area (Å²) in [5.74, 6) is 0. The summed E-state index contributed by atoms with van der Waals surface area (Å²) in [6, 6.07) is 9.66. The number of benzene rings is 2. The van der Waals surface area contributed by atoms with Gasteiger partial charge in [-0.25, -0.2) is 4.79 Å². The maximum absolute atomic E-state index is 13.9. The molecule has 0 aliphatic carbocycles. The molecule has 0 radical (unpaired) electrons. The molecule has 0 bridgehead atoms. The Morgan fingerprint density at radius 3 is 2.44 bits per heavy atom. The van der Waals surface area contributed by atoms with Crippen LogP contribution >= 0.6 is 11.6 Å². The minimum absolute atomic E-state index is 0.0184. The number of urea groups is 1. The van der Waals surface area contributed by atoms with Gasteiger partial charge in [-0.2, -0.15) is 13.2 Å². The number of fused-ring (bicyclic) bond motifs is 1. The highest BCUT2D eigenvalue weighted by Gasteiger charge is 2.64. The number of anilines is 1. The number of aliphatic hydroxyl groups is 1. The van der Waals surface area contributed by atoms with Crippen molar-refractivity contribution in [1.29, 1.82) is 0 Å². The minimum Gasteiger partial charge on any atom is -0.360 e. The third-order valence-electron chi connectivity index (χ3n) is 4.23. The Morgan fingerprint density at radius 2 is 1.84 bits per heavy atom. The van der Waals surface area contributed by atoms with Gasteiger partial charge in [-0.15, -0.1) is 0 Å². The molecule has 2 aromatic rings. The molecule has 2 aromatic carbocycles. The van der Waals surface area contributed by atoms with Crippen LogP contribution in [0.2, 0.25) is 5.02 Å². The van der Waals surface area contributed by atoms with E-state index in [1.165, 1.54) is 19.1 Å². The molecular weight excluding hydrogens is 357 g/mol. The molecule has 0 saturated carbocycles. The molecule has 1 heterocycles. The smallest absolute Gasteiger partial charge is 0.360 e. The summed E-state index contributed by atoms with van der Waals surface area (Å²) in [5, 5.41) is 13.1. The zero-order valence-corrected chi connectivity index (χ0v) is 13.8. The predicted octanol–water partition coefficient (Wildman–Crippen LogP) is 4.66. The zero-order valence-electron chi connectivity index (χ0n) is 13.0. The molecule has 132 valence electrons. The number of hydrogen-bond donors (Lipinski definition) is 2. The normalized spacial score (nSPS) is 21.5.